The average Bonchev–Trinajstić information content (AvgIpc) is 2.85. The van der Waals surface area contributed by atoms with Crippen molar-refractivity contribution < 1.29 is 17.9 Å². The van der Waals surface area contributed by atoms with Crippen molar-refractivity contribution in [3.05, 3.63) is 60.2 Å². The lowest BCUT2D eigenvalue weighted by Crippen LogP contribution is -2.52. The average molecular weight is 458 g/mol. The lowest BCUT2D eigenvalue weighted by Gasteiger charge is -2.38. The summed E-state index contributed by atoms with van der Waals surface area (Å²) in [5.74, 6) is 0.415. The normalized spacial score (nSPS) is 20.8. The molecule has 2 fully saturated rings. The van der Waals surface area contributed by atoms with E-state index in [-0.39, 0.29) is 23.3 Å². The van der Waals surface area contributed by atoms with Gasteiger partial charge in [-0.25, -0.2) is 8.42 Å². The molecule has 2 aromatic carbocycles. The first kappa shape index (κ1) is 22.8. The van der Waals surface area contributed by atoms with Gasteiger partial charge in [-0.2, -0.15) is 4.31 Å². The Balaban J connectivity index is 1.34. The third-order valence-corrected chi connectivity index (χ3v) is 8.24. The van der Waals surface area contributed by atoms with Crippen molar-refractivity contribution in [2.75, 3.05) is 46.4 Å². The van der Waals surface area contributed by atoms with Crippen molar-refractivity contribution in [3.8, 4) is 5.75 Å². The summed E-state index contributed by atoms with van der Waals surface area (Å²) in [6, 6.07) is 16.8. The van der Waals surface area contributed by atoms with Crippen LogP contribution in [0, 0.1) is 5.92 Å². The van der Waals surface area contributed by atoms with Crippen molar-refractivity contribution in [1.29, 1.82) is 0 Å². The second-order valence-electron chi connectivity index (χ2n) is 8.46. The summed E-state index contributed by atoms with van der Waals surface area (Å²) in [5.41, 5.74) is 1.28. The summed E-state index contributed by atoms with van der Waals surface area (Å²) >= 11 is 0. The molecule has 4 rings (SSSR count). The van der Waals surface area contributed by atoms with E-state index in [4.69, 9.17) is 4.74 Å². The van der Waals surface area contributed by atoms with E-state index in [2.05, 4.69) is 17.0 Å². The van der Waals surface area contributed by atoms with Crippen molar-refractivity contribution >= 4 is 15.9 Å². The molecule has 0 N–H and O–H groups in total. The highest BCUT2D eigenvalue weighted by molar-refractivity contribution is 7.89. The first-order valence-electron chi connectivity index (χ1n) is 11.2. The number of benzene rings is 2. The fraction of sp³-hybridized carbons (Fsp3) is 0.458. The molecule has 2 saturated heterocycles. The molecule has 1 unspecified atom stereocenters. The fourth-order valence-electron chi connectivity index (χ4n) is 4.49. The highest BCUT2D eigenvalue weighted by Gasteiger charge is 2.35. The van der Waals surface area contributed by atoms with Gasteiger partial charge in [-0.3, -0.25) is 9.69 Å². The van der Waals surface area contributed by atoms with Crippen molar-refractivity contribution in [3.63, 3.8) is 0 Å². The lowest BCUT2D eigenvalue weighted by molar-refractivity contribution is -0.138. The molecule has 172 valence electrons. The quantitative estimate of drug-likeness (QED) is 0.667. The predicted octanol–water partition coefficient (Wildman–Crippen LogP) is 2.44. The fourth-order valence-corrected chi connectivity index (χ4v) is 6.01. The molecule has 0 radical (unpaired) electrons. The molecule has 1 amide bonds. The number of hydrogen-bond donors (Lipinski definition) is 0. The summed E-state index contributed by atoms with van der Waals surface area (Å²) in [6.07, 6.45) is 1.43. The minimum absolute atomic E-state index is 0.0824. The highest BCUT2D eigenvalue weighted by atomic mass is 32.2. The number of methoxy groups -OCH3 is 1. The van der Waals surface area contributed by atoms with Crippen molar-refractivity contribution in [2.45, 2.75) is 24.3 Å². The molecule has 0 aliphatic carbocycles. The Morgan fingerprint density at radius 1 is 0.969 bits per heavy atom. The van der Waals surface area contributed by atoms with Gasteiger partial charge in [0.25, 0.3) is 0 Å². The Kier molecular flexibility index (Phi) is 7.13. The third kappa shape index (κ3) is 5.14. The molecular formula is C24H31N3O4S. The Bertz CT molecular complexity index is 1000. The number of nitrogens with zero attached hydrogens (tertiary/aromatic N) is 3. The lowest BCUT2D eigenvalue weighted by atomic mass is 9.97. The highest BCUT2D eigenvalue weighted by Crippen LogP contribution is 2.26. The Hall–Kier alpha value is -2.42. The van der Waals surface area contributed by atoms with Crippen LogP contribution in [0.1, 0.15) is 18.4 Å². The van der Waals surface area contributed by atoms with E-state index in [0.717, 1.165) is 26.1 Å². The van der Waals surface area contributed by atoms with Gasteiger partial charge in [-0.1, -0.05) is 30.3 Å². The van der Waals surface area contributed by atoms with Crippen LogP contribution in [0.15, 0.2) is 59.5 Å². The van der Waals surface area contributed by atoms with Crippen LogP contribution in [0.25, 0.3) is 0 Å². The number of sulfonamides is 1. The van der Waals surface area contributed by atoms with E-state index in [1.807, 2.05) is 23.1 Å². The van der Waals surface area contributed by atoms with E-state index in [1.54, 1.807) is 31.4 Å². The van der Waals surface area contributed by atoms with Crippen molar-refractivity contribution in [2.24, 2.45) is 5.92 Å². The Morgan fingerprint density at radius 2 is 1.66 bits per heavy atom. The van der Waals surface area contributed by atoms with E-state index >= 15 is 0 Å². The van der Waals surface area contributed by atoms with Gasteiger partial charge < -0.3 is 9.64 Å². The molecule has 0 spiro atoms. The van der Waals surface area contributed by atoms with Gasteiger partial charge in [0, 0.05) is 45.8 Å². The molecule has 2 aliphatic heterocycles. The number of carbonyl (C=O) groups is 1. The van der Waals surface area contributed by atoms with Crippen LogP contribution >= 0.6 is 0 Å². The molecule has 2 aromatic rings. The number of hydrogen-bond acceptors (Lipinski definition) is 5. The molecule has 0 aromatic heterocycles. The molecule has 7 nitrogen and oxygen atoms in total. The van der Waals surface area contributed by atoms with Gasteiger partial charge in [0.15, 0.2) is 0 Å². The monoisotopic (exact) mass is 457 g/mol. The van der Waals surface area contributed by atoms with Crippen LogP contribution in [0.3, 0.4) is 0 Å². The van der Waals surface area contributed by atoms with Gasteiger partial charge in [-0.15, -0.1) is 0 Å². The van der Waals surface area contributed by atoms with E-state index in [1.165, 1.54) is 9.87 Å². The smallest absolute Gasteiger partial charge is 0.243 e. The van der Waals surface area contributed by atoms with E-state index < -0.39 is 10.0 Å². The number of amides is 1. The molecule has 2 aliphatic rings. The zero-order valence-corrected chi connectivity index (χ0v) is 19.3. The minimum Gasteiger partial charge on any atom is -0.497 e. The second-order valence-corrected chi connectivity index (χ2v) is 10.4. The molecule has 8 heteroatoms. The number of carbonyl (C=O) groups excluding carboxylic acids is 1. The van der Waals surface area contributed by atoms with E-state index in [0.29, 0.717) is 31.8 Å². The van der Waals surface area contributed by atoms with Crippen LogP contribution in [0.5, 0.6) is 5.75 Å². The second kappa shape index (κ2) is 10.0. The largest absolute Gasteiger partial charge is 0.497 e. The zero-order chi connectivity index (χ0) is 22.6. The number of ether oxygens (including phenoxy) is 1. The maximum Gasteiger partial charge on any atom is 0.243 e. The molecule has 0 saturated carbocycles. The molecule has 2 heterocycles. The standard InChI is InChI=1S/C24H31N3O4S/c1-31-22-9-11-23(12-10-22)32(29,30)27-13-5-8-21(19-27)24(28)26-16-14-25(15-17-26)18-20-6-3-2-4-7-20/h2-4,6-7,9-12,21H,5,8,13-19H2,1H3. The zero-order valence-electron chi connectivity index (χ0n) is 18.5. The number of piperazine rings is 1. The summed E-state index contributed by atoms with van der Waals surface area (Å²) in [4.78, 5) is 17.7. The first-order chi connectivity index (χ1) is 15.5. The van der Waals surface area contributed by atoms with Gasteiger partial charge in [-0.05, 0) is 42.7 Å². The topological polar surface area (TPSA) is 70.2 Å². The maximum atomic E-state index is 13.2. The van der Waals surface area contributed by atoms with Crippen LogP contribution in [0.2, 0.25) is 0 Å². The van der Waals surface area contributed by atoms with Crippen LogP contribution in [-0.2, 0) is 21.4 Å². The predicted molar refractivity (Wildman–Crippen MR) is 123 cm³/mol. The Morgan fingerprint density at radius 3 is 2.31 bits per heavy atom. The first-order valence-corrected chi connectivity index (χ1v) is 12.6. The minimum atomic E-state index is -3.63. The van der Waals surface area contributed by atoms with Gasteiger partial charge in [0.2, 0.25) is 15.9 Å². The van der Waals surface area contributed by atoms with Gasteiger partial charge in [0.05, 0.1) is 17.9 Å². The van der Waals surface area contributed by atoms with Crippen LogP contribution < -0.4 is 4.74 Å². The van der Waals surface area contributed by atoms with Crippen LogP contribution in [0.4, 0.5) is 0 Å². The molecule has 1 atom stereocenters. The number of piperidine rings is 1. The summed E-state index contributed by atoms with van der Waals surface area (Å²) < 4.78 is 32.8. The molecular weight excluding hydrogens is 426 g/mol. The van der Waals surface area contributed by atoms with Crippen LogP contribution in [-0.4, -0.2) is 74.8 Å². The third-order valence-electron chi connectivity index (χ3n) is 6.36. The summed E-state index contributed by atoms with van der Waals surface area (Å²) in [5, 5.41) is 0. The number of rotatable bonds is 6. The van der Waals surface area contributed by atoms with Gasteiger partial charge in [0.1, 0.15) is 5.75 Å². The van der Waals surface area contributed by atoms with Gasteiger partial charge >= 0.3 is 0 Å². The maximum absolute atomic E-state index is 13.2. The van der Waals surface area contributed by atoms with Crippen molar-refractivity contribution in [1.82, 2.24) is 14.1 Å². The molecule has 0 bridgehead atoms. The Labute approximate surface area is 190 Å². The summed E-state index contributed by atoms with van der Waals surface area (Å²) in [7, 11) is -2.08. The SMILES string of the molecule is COc1ccc(S(=O)(=O)N2CCCC(C(=O)N3CCN(Cc4ccccc4)CC3)C2)cc1. The van der Waals surface area contributed by atoms with E-state index in [9.17, 15) is 13.2 Å². The molecule has 32 heavy (non-hydrogen) atoms. The summed E-state index contributed by atoms with van der Waals surface area (Å²) in [6.45, 7) is 4.63.